The summed E-state index contributed by atoms with van der Waals surface area (Å²) in [6, 6.07) is 17.0. The number of imidazole rings is 1. The molecule has 5 unspecified atom stereocenters. The molecule has 2 amide bonds. The average molecular weight is 1220 g/mol. The number of carbonyl (C=O) groups is 2. The van der Waals surface area contributed by atoms with E-state index in [1.54, 1.807) is 11.9 Å². The number of hydrogen-bond acceptors (Lipinski definition) is 17. The number of ether oxygens (including phenoxy) is 2. The predicted octanol–water partition coefficient (Wildman–Crippen LogP) is 7.09. The smallest absolute Gasteiger partial charge is 0.487 e. The van der Waals surface area contributed by atoms with Gasteiger partial charge in [0, 0.05) is 97.3 Å². The number of amides is 2. The van der Waals surface area contributed by atoms with Crippen LogP contribution in [0.25, 0.3) is 16.7 Å². The predicted molar refractivity (Wildman–Crippen MR) is 313 cm³/mol. The lowest BCUT2D eigenvalue weighted by molar-refractivity contribution is -0.212. The topological polar surface area (TPSA) is 313 Å². The summed E-state index contributed by atoms with van der Waals surface area (Å²) in [5.41, 5.74) is 7.86. The maximum absolute atomic E-state index is 14.7. The van der Waals surface area contributed by atoms with Gasteiger partial charge in [0.1, 0.15) is 36.7 Å². The van der Waals surface area contributed by atoms with Crippen molar-refractivity contribution in [1.82, 2.24) is 34.3 Å². The quantitative estimate of drug-likeness (QED) is 0.0200. The van der Waals surface area contributed by atoms with E-state index in [-0.39, 0.29) is 35.7 Å². The van der Waals surface area contributed by atoms with Crippen molar-refractivity contribution in [3.63, 3.8) is 0 Å². The molecule has 1 saturated heterocycles. The number of unbranched alkanes of at least 4 members (excludes halogenated alkanes) is 3. The van der Waals surface area contributed by atoms with Crippen LogP contribution in [0.15, 0.2) is 61.2 Å². The normalized spacial score (nSPS) is 22.6. The van der Waals surface area contributed by atoms with Crippen LogP contribution in [0.4, 0.5) is 11.5 Å². The number of hydrogen-bond donors (Lipinski definition) is 6. The van der Waals surface area contributed by atoms with E-state index < -0.39 is 48.5 Å². The van der Waals surface area contributed by atoms with Crippen LogP contribution in [-0.4, -0.2) is 126 Å². The van der Waals surface area contributed by atoms with Crippen molar-refractivity contribution >= 4 is 63.5 Å². The molecule has 24 nitrogen and oxygen atoms in total. The molecule has 0 bridgehead atoms. The lowest BCUT2D eigenvalue weighted by Crippen LogP contribution is -2.52. The van der Waals surface area contributed by atoms with Gasteiger partial charge in [-0.2, -0.15) is 4.31 Å². The molecule has 4 aliphatic heterocycles. The molecule has 3 aromatic carbocycles. The molecular weight excluding hydrogens is 1140 g/mol. The van der Waals surface area contributed by atoms with E-state index in [1.807, 2.05) is 18.2 Å². The monoisotopic (exact) mass is 1220 g/mol. The first-order valence-electron chi connectivity index (χ1n) is 28.7. The fourth-order valence-corrected chi connectivity index (χ4v) is 15.8. The standard InChI is InChI=1S/C57H78N9O15P3/c1-10-65-43-27-46-41(25-39(43)35(3)30-56(65,5)6)51(42-26-40-36(4)31-57(7,8)66(11-2)44(40)28-47(42)78-46)37-19-14-15-20-38(37)55(69)63(9)24-18-21-49(68)58-22-16-12-13-17-23-59-53-52-54(61-33-60-53)64(34-62-52)50-29-45(67)48(79-50)32-77-83(73,74)81-84(75,76)80-82(70,71)72/h14-15,19-20,25-28,33-36,45,48,50,67H,10-13,16-18,21-24,29-32H2,1-9H3,(H5-,58,59,60,61,68,70,71,72,73,74,75,76)/t35?,36?,45-,48+,50+/m0/s1. The second-order valence-corrected chi connectivity index (χ2v) is 27.9. The highest BCUT2D eigenvalue weighted by Crippen LogP contribution is 2.65. The van der Waals surface area contributed by atoms with E-state index in [1.165, 1.54) is 39.4 Å². The van der Waals surface area contributed by atoms with Crippen LogP contribution in [0.5, 0.6) is 11.5 Å². The Labute approximate surface area is 488 Å². The fraction of sp³-hybridized carbons (Fsp3) is 0.544. The minimum absolute atomic E-state index is 0.0323. The highest BCUT2D eigenvalue weighted by Gasteiger charge is 2.43. The minimum Gasteiger partial charge on any atom is -0.756 e. The zero-order valence-electron chi connectivity index (χ0n) is 49.0. The molecule has 6 N–H and O–H groups in total. The molecule has 0 aliphatic carbocycles. The Morgan fingerprint density at radius 1 is 0.881 bits per heavy atom. The van der Waals surface area contributed by atoms with Crippen LogP contribution in [0, 0.1) is 0 Å². The van der Waals surface area contributed by atoms with Crippen molar-refractivity contribution in [2.45, 2.75) is 155 Å². The van der Waals surface area contributed by atoms with Crippen LogP contribution in [-0.2, 0) is 36.4 Å². The number of phosphoric acid groups is 3. The largest absolute Gasteiger partial charge is 0.756 e. The highest BCUT2D eigenvalue weighted by atomic mass is 31.3. The molecule has 2 aromatic heterocycles. The Morgan fingerprint density at radius 2 is 1.61 bits per heavy atom. The zero-order chi connectivity index (χ0) is 60.7. The Hall–Kier alpha value is -5.45. The van der Waals surface area contributed by atoms with Crippen LogP contribution >= 0.6 is 23.5 Å². The molecule has 84 heavy (non-hydrogen) atoms. The van der Waals surface area contributed by atoms with Crippen molar-refractivity contribution < 1.29 is 70.6 Å². The molecule has 456 valence electrons. The van der Waals surface area contributed by atoms with Gasteiger partial charge in [0.2, 0.25) is 11.3 Å². The van der Waals surface area contributed by atoms with Crippen LogP contribution in [0.1, 0.15) is 164 Å². The highest BCUT2D eigenvalue weighted by molar-refractivity contribution is 7.66. The SMILES string of the molecule is CCN1c2cc3c(cc2C(C)CC1(C)C)C(c1ccccc1C(=O)N(C)CCCC(=O)NCCCCCCNc1ncnc2c1ncn2[C@H]1C[C@H](O)[C@@H](COP(=O)(O)OP(=O)(O)OP(=O)([O-])O)O1)=c1cc2c(cc1O3)=[N+](CC)C(C)(C)CC2C. The third-order valence-corrected chi connectivity index (χ3v) is 20.2. The Balaban J connectivity index is 0.769. The summed E-state index contributed by atoms with van der Waals surface area (Å²) in [6.07, 6.45) is 5.41. The van der Waals surface area contributed by atoms with Gasteiger partial charge >= 0.3 is 15.6 Å². The Bertz CT molecular complexity index is 3590. The number of aliphatic hydroxyl groups is 1. The molecule has 9 rings (SSSR count). The number of aromatic nitrogens is 4. The van der Waals surface area contributed by atoms with E-state index >= 15 is 0 Å². The van der Waals surface area contributed by atoms with Crippen LogP contribution in [0.3, 0.4) is 0 Å². The molecule has 0 saturated carbocycles. The molecule has 6 heterocycles. The summed E-state index contributed by atoms with van der Waals surface area (Å²) < 4.78 is 63.4. The molecule has 5 aromatic rings. The van der Waals surface area contributed by atoms with Gasteiger partial charge in [0.25, 0.3) is 13.7 Å². The number of aliphatic hydroxyl groups excluding tert-OH is 1. The van der Waals surface area contributed by atoms with Crippen molar-refractivity contribution in [3.05, 3.63) is 99.6 Å². The number of phosphoric ester groups is 1. The minimum atomic E-state index is -5.82. The Kier molecular flexibility index (Phi) is 18.8. The van der Waals surface area contributed by atoms with Gasteiger partial charge in [-0.3, -0.25) is 23.2 Å². The molecule has 4 aliphatic rings. The van der Waals surface area contributed by atoms with Gasteiger partial charge in [-0.1, -0.05) is 44.9 Å². The summed E-state index contributed by atoms with van der Waals surface area (Å²) in [4.78, 5) is 83.6. The van der Waals surface area contributed by atoms with Gasteiger partial charge < -0.3 is 54.6 Å². The summed E-state index contributed by atoms with van der Waals surface area (Å²) in [6.45, 7) is 20.7. The maximum atomic E-state index is 14.7. The molecule has 8 atom stereocenters. The number of nitrogens with zero attached hydrogens (tertiary/aromatic N) is 7. The second-order valence-electron chi connectivity index (χ2n) is 23.5. The van der Waals surface area contributed by atoms with Gasteiger partial charge in [-0.15, -0.1) is 0 Å². The van der Waals surface area contributed by atoms with Crippen molar-refractivity contribution in [2.24, 2.45) is 0 Å². The van der Waals surface area contributed by atoms with E-state index in [4.69, 9.17) is 14.4 Å². The first kappa shape index (κ1) is 63.1. The van der Waals surface area contributed by atoms with Crippen molar-refractivity contribution in [2.75, 3.05) is 56.6 Å². The van der Waals surface area contributed by atoms with Crippen LogP contribution in [0.2, 0.25) is 0 Å². The van der Waals surface area contributed by atoms with E-state index in [9.17, 15) is 43.1 Å². The molecular formula is C57H78N9O15P3. The average Bonchev–Trinajstić information content (AvgIpc) is 1.60. The number of fused-ring (bicyclic) bond motifs is 5. The summed E-state index contributed by atoms with van der Waals surface area (Å²) in [7, 11) is -15.3. The fourth-order valence-electron chi connectivity index (χ4n) is 12.8. The summed E-state index contributed by atoms with van der Waals surface area (Å²) >= 11 is 0. The number of carbonyl (C=O) groups excluding carboxylic acids is 2. The van der Waals surface area contributed by atoms with Crippen molar-refractivity contribution in [1.29, 1.82) is 0 Å². The number of anilines is 2. The first-order valence-corrected chi connectivity index (χ1v) is 33.2. The zero-order valence-corrected chi connectivity index (χ0v) is 51.7. The first-order chi connectivity index (χ1) is 39.6. The van der Waals surface area contributed by atoms with Crippen molar-refractivity contribution in [3.8, 4) is 11.5 Å². The van der Waals surface area contributed by atoms with Gasteiger partial charge in [0.15, 0.2) is 22.5 Å². The van der Waals surface area contributed by atoms with Crippen LogP contribution < -0.4 is 40.3 Å². The molecule has 0 spiro atoms. The molecule has 27 heteroatoms. The molecule has 1 fully saturated rings. The van der Waals surface area contributed by atoms with E-state index in [0.29, 0.717) is 60.4 Å². The second kappa shape index (κ2) is 25.1. The van der Waals surface area contributed by atoms with E-state index in [0.717, 1.165) is 85.0 Å². The number of rotatable bonds is 24. The van der Waals surface area contributed by atoms with Gasteiger partial charge in [-0.25, -0.2) is 33.0 Å². The lowest BCUT2D eigenvalue weighted by Gasteiger charge is -2.47. The third-order valence-electron chi connectivity index (χ3n) is 16.4. The number of benzene rings is 3. The third kappa shape index (κ3) is 13.9. The summed E-state index contributed by atoms with van der Waals surface area (Å²) in [5.74, 6) is 2.44. The maximum Gasteiger partial charge on any atom is 0.487 e. The Morgan fingerprint density at radius 3 is 2.33 bits per heavy atom. The van der Waals surface area contributed by atoms with Gasteiger partial charge in [-0.05, 0) is 108 Å². The molecule has 0 radical (unpaired) electrons. The lowest BCUT2D eigenvalue weighted by atomic mass is 9.77. The summed E-state index contributed by atoms with van der Waals surface area (Å²) in [5, 5.41) is 19.1. The van der Waals surface area contributed by atoms with E-state index in [2.05, 4.69) is 134 Å². The number of nitrogens with one attached hydrogen (secondary N) is 2. The van der Waals surface area contributed by atoms with Gasteiger partial charge in [0.05, 0.1) is 25.1 Å².